The smallest absolute Gasteiger partial charge is 0.306 e. The molecule has 1 aliphatic rings. The van der Waals surface area contributed by atoms with Crippen molar-refractivity contribution in [2.75, 3.05) is 37.0 Å². The monoisotopic (exact) mass is 400 g/mol. The summed E-state index contributed by atoms with van der Waals surface area (Å²) in [6, 6.07) is 5.17. The molecule has 1 atom stereocenters. The molecule has 0 bridgehead atoms. The van der Waals surface area contributed by atoms with Gasteiger partial charge in [-0.25, -0.2) is 12.8 Å². The molecule has 1 heterocycles. The molecule has 1 aliphatic heterocycles. The van der Waals surface area contributed by atoms with Crippen LogP contribution in [0.3, 0.4) is 0 Å². The van der Waals surface area contributed by atoms with E-state index < -0.39 is 40.0 Å². The standard InChI is InChI=1S/C17H21FN2O6S/c1-20(9-15(21)19-14-4-2-13(18)3-5-14)16(22)10-26-17(23)8-12-6-7-27(24,25)11-12/h2-5,12H,6-11H2,1H3,(H,19,21)/t12-/m0/s1. The Labute approximate surface area is 156 Å². The van der Waals surface area contributed by atoms with Gasteiger partial charge in [0.1, 0.15) is 5.82 Å². The van der Waals surface area contributed by atoms with Gasteiger partial charge in [0, 0.05) is 19.2 Å². The molecule has 0 radical (unpaired) electrons. The zero-order chi connectivity index (χ0) is 20.0. The van der Waals surface area contributed by atoms with E-state index in [0.717, 1.165) is 4.90 Å². The number of carbonyl (C=O) groups excluding carboxylic acids is 3. The first-order valence-corrected chi connectivity index (χ1v) is 10.1. The van der Waals surface area contributed by atoms with Gasteiger partial charge in [0.15, 0.2) is 16.4 Å². The van der Waals surface area contributed by atoms with Gasteiger partial charge in [-0.3, -0.25) is 14.4 Å². The van der Waals surface area contributed by atoms with Crippen molar-refractivity contribution in [2.45, 2.75) is 12.8 Å². The van der Waals surface area contributed by atoms with Crippen LogP contribution in [-0.4, -0.2) is 62.8 Å². The van der Waals surface area contributed by atoms with Crippen LogP contribution in [0.2, 0.25) is 0 Å². The zero-order valence-corrected chi connectivity index (χ0v) is 15.6. The second-order valence-corrected chi connectivity index (χ2v) is 8.67. The molecule has 10 heteroatoms. The number of sulfone groups is 1. The fraction of sp³-hybridized carbons (Fsp3) is 0.471. The summed E-state index contributed by atoms with van der Waals surface area (Å²) in [6.07, 6.45) is 0.357. The minimum atomic E-state index is -3.08. The molecule has 8 nitrogen and oxygen atoms in total. The lowest BCUT2D eigenvalue weighted by atomic mass is 10.1. The summed E-state index contributed by atoms with van der Waals surface area (Å²) in [5.74, 6) is -2.39. The van der Waals surface area contributed by atoms with Crippen LogP contribution in [0.1, 0.15) is 12.8 Å². The molecule has 1 aromatic carbocycles. The van der Waals surface area contributed by atoms with E-state index in [2.05, 4.69) is 5.32 Å². The third-order valence-corrected chi connectivity index (χ3v) is 5.91. The number of likely N-dealkylation sites (N-methyl/N-ethyl adjacent to an activating group) is 1. The van der Waals surface area contributed by atoms with E-state index in [9.17, 15) is 27.2 Å². The average Bonchev–Trinajstić information content (AvgIpc) is 2.93. The van der Waals surface area contributed by atoms with Crippen molar-refractivity contribution in [1.82, 2.24) is 4.90 Å². The summed E-state index contributed by atoms with van der Waals surface area (Å²) < 4.78 is 40.4. The van der Waals surface area contributed by atoms with Crippen LogP contribution in [-0.2, 0) is 29.0 Å². The van der Waals surface area contributed by atoms with Gasteiger partial charge in [-0.15, -0.1) is 0 Å². The van der Waals surface area contributed by atoms with Gasteiger partial charge in [-0.2, -0.15) is 0 Å². The number of hydrogen-bond acceptors (Lipinski definition) is 6. The summed E-state index contributed by atoms with van der Waals surface area (Å²) in [5, 5.41) is 2.51. The van der Waals surface area contributed by atoms with Crippen molar-refractivity contribution in [3.05, 3.63) is 30.1 Å². The molecule has 1 aromatic rings. The number of carbonyl (C=O) groups is 3. The summed E-state index contributed by atoms with van der Waals surface area (Å²) in [5.41, 5.74) is 0.389. The van der Waals surface area contributed by atoms with Crippen LogP contribution in [0, 0.1) is 11.7 Å². The molecule has 0 unspecified atom stereocenters. The largest absolute Gasteiger partial charge is 0.456 e. The van der Waals surface area contributed by atoms with Crippen LogP contribution in [0.4, 0.5) is 10.1 Å². The lowest BCUT2D eigenvalue weighted by Gasteiger charge is -2.17. The molecule has 1 fully saturated rings. The molecule has 0 saturated carbocycles. The lowest BCUT2D eigenvalue weighted by molar-refractivity contribution is -0.152. The number of hydrogen-bond donors (Lipinski definition) is 1. The van der Waals surface area contributed by atoms with Crippen molar-refractivity contribution in [3.8, 4) is 0 Å². The van der Waals surface area contributed by atoms with E-state index in [-0.39, 0.29) is 30.4 Å². The van der Waals surface area contributed by atoms with Crippen molar-refractivity contribution in [2.24, 2.45) is 5.92 Å². The Morgan fingerprint density at radius 1 is 1.26 bits per heavy atom. The Bertz CT molecular complexity index is 809. The molecule has 0 spiro atoms. The number of nitrogens with zero attached hydrogens (tertiary/aromatic N) is 1. The Balaban J connectivity index is 1.70. The Kier molecular flexibility index (Phi) is 6.89. The second kappa shape index (κ2) is 8.94. The number of halogens is 1. The summed E-state index contributed by atoms with van der Waals surface area (Å²) >= 11 is 0. The van der Waals surface area contributed by atoms with E-state index in [4.69, 9.17) is 4.74 Å². The number of esters is 1. The van der Waals surface area contributed by atoms with Crippen LogP contribution in [0.5, 0.6) is 0 Å². The van der Waals surface area contributed by atoms with Gasteiger partial charge in [0.05, 0.1) is 18.1 Å². The molecular formula is C17H21FN2O6S. The number of amides is 2. The van der Waals surface area contributed by atoms with Crippen molar-refractivity contribution in [3.63, 3.8) is 0 Å². The minimum absolute atomic E-state index is 0.0422. The van der Waals surface area contributed by atoms with Crippen LogP contribution in [0.15, 0.2) is 24.3 Å². The molecular weight excluding hydrogens is 379 g/mol. The van der Waals surface area contributed by atoms with Gasteiger partial charge in [-0.05, 0) is 36.6 Å². The number of rotatable bonds is 7. The fourth-order valence-electron chi connectivity index (χ4n) is 2.62. The van der Waals surface area contributed by atoms with Gasteiger partial charge in [0.2, 0.25) is 5.91 Å². The summed E-state index contributed by atoms with van der Waals surface area (Å²) in [6.45, 7) is -0.798. The van der Waals surface area contributed by atoms with Crippen molar-refractivity contribution >= 4 is 33.3 Å². The first-order chi connectivity index (χ1) is 12.6. The maximum atomic E-state index is 12.8. The molecule has 2 amide bonds. The molecule has 2 rings (SSSR count). The van der Waals surface area contributed by atoms with Crippen LogP contribution < -0.4 is 5.32 Å². The molecule has 0 aromatic heterocycles. The summed E-state index contributed by atoms with van der Waals surface area (Å²) in [4.78, 5) is 36.6. The van der Waals surface area contributed by atoms with Gasteiger partial charge in [-0.1, -0.05) is 0 Å². The molecule has 27 heavy (non-hydrogen) atoms. The normalized spacial score (nSPS) is 17.9. The summed E-state index contributed by atoms with van der Waals surface area (Å²) in [7, 11) is -1.70. The predicted molar refractivity (Wildman–Crippen MR) is 95.0 cm³/mol. The fourth-order valence-corrected chi connectivity index (χ4v) is 4.48. The van der Waals surface area contributed by atoms with Gasteiger partial charge >= 0.3 is 5.97 Å². The Hall–Kier alpha value is -2.49. The number of benzene rings is 1. The zero-order valence-electron chi connectivity index (χ0n) is 14.8. The van der Waals surface area contributed by atoms with Crippen molar-refractivity contribution < 1.29 is 31.9 Å². The first kappa shape index (κ1) is 20.8. The number of anilines is 1. The molecule has 0 aliphatic carbocycles. The third-order valence-electron chi connectivity index (χ3n) is 4.07. The third kappa shape index (κ3) is 6.97. The number of ether oxygens (including phenoxy) is 1. The maximum Gasteiger partial charge on any atom is 0.306 e. The minimum Gasteiger partial charge on any atom is -0.456 e. The highest BCUT2D eigenvalue weighted by Crippen LogP contribution is 2.21. The van der Waals surface area contributed by atoms with E-state index in [0.29, 0.717) is 12.1 Å². The topological polar surface area (TPSA) is 110 Å². The lowest BCUT2D eigenvalue weighted by Crippen LogP contribution is -2.37. The van der Waals surface area contributed by atoms with Gasteiger partial charge < -0.3 is 15.0 Å². The van der Waals surface area contributed by atoms with Crippen molar-refractivity contribution in [1.29, 1.82) is 0 Å². The predicted octanol–water partition coefficient (Wildman–Crippen LogP) is 0.591. The van der Waals surface area contributed by atoms with Crippen LogP contribution in [0.25, 0.3) is 0 Å². The maximum absolute atomic E-state index is 12.8. The quantitative estimate of drug-likeness (QED) is 0.671. The Morgan fingerprint density at radius 2 is 1.93 bits per heavy atom. The van der Waals surface area contributed by atoms with Gasteiger partial charge in [0.25, 0.3) is 5.91 Å². The number of nitrogens with one attached hydrogen (secondary N) is 1. The highest BCUT2D eigenvalue weighted by Gasteiger charge is 2.30. The molecule has 1 N–H and O–H groups in total. The van der Waals surface area contributed by atoms with E-state index in [1.54, 1.807) is 0 Å². The van der Waals surface area contributed by atoms with E-state index >= 15 is 0 Å². The average molecular weight is 400 g/mol. The second-order valence-electron chi connectivity index (χ2n) is 6.44. The SMILES string of the molecule is CN(CC(=O)Nc1ccc(F)cc1)C(=O)COC(=O)C[C@@H]1CCS(=O)(=O)C1. The van der Waals surface area contributed by atoms with Crippen LogP contribution >= 0.6 is 0 Å². The highest BCUT2D eigenvalue weighted by atomic mass is 32.2. The molecule has 1 saturated heterocycles. The Morgan fingerprint density at radius 3 is 2.52 bits per heavy atom. The van der Waals surface area contributed by atoms with E-state index in [1.807, 2.05) is 0 Å². The van der Waals surface area contributed by atoms with E-state index in [1.165, 1.54) is 31.3 Å². The first-order valence-electron chi connectivity index (χ1n) is 8.30. The molecule has 148 valence electrons. The highest BCUT2D eigenvalue weighted by molar-refractivity contribution is 7.91.